The molecule has 0 spiro atoms. The van der Waals surface area contributed by atoms with Crippen LogP contribution in [0, 0.1) is 5.82 Å². The molecule has 3 aromatic carbocycles. The molecule has 2 unspecified atom stereocenters. The van der Waals surface area contributed by atoms with Crippen molar-refractivity contribution < 1.29 is 22.4 Å². The van der Waals surface area contributed by atoms with E-state index >= 15 is 0 Å². The lowest BCUT2D eigenvalue weighted by Crippen LogP contribution is -2.54. The first-order chi connectivity index (χ1) is 19.3. The van der Waals surface area contributed by atoms with Crippen LogP contribution in [0.1, 0.15) is 31.4 Å². The van der Waals surface area contributed by atoms with Crippen LogP contribution in [0.5, 0.6) is 0 Å². The first-order valence-electron chi connectivity index (χ1n) is 12.8. The number of benzene rings is 3. The zero-order valence-corrected chi connectivity index (χ0v) is 25.9. The third kappa shape index (κ3) is 9.07. The molecule has 0 heterocycles. The normalized spacial score (nSPS) is 12.9. The molecule has 0 aliphatic rings. The number of nitrogens with one attached hydrogen (secondary N) is 1. The lowest BCUT2D eigenvalue weighted by atomic mass is 10.0. The van der Waals surface area contributed by atoms with Gasteiger partial charge in [0.1, 0.15) is 18.4 Å². The van der Waals surface area contributed by atoms with E-state index in [0.717, 1.165) is 16.1 Å². The number of anilines is 1. The quantitative estimate of drug-likeness (QED) is 0.242. The van der Waals surface area contributed by atoms with Crippen molar-refractivity contribution in [3.63, 3.8) is 0 Å². The maximum absolute atomic E-state index is 14.1. The Balaban J connectivity index is 2.09. The standard InChI is InChI=1S/C29H31Cl3FN3O4S/c1-4-19(2)34-29(38)27(14-20-8-6-5-7-9-20)35(17-21-10-12-22(33)13-11-21)28(37)18-36(41(3,39)40)26-16-24(31)23(30)15-25(26)32/h5-13,15-16,19,27H,4,14,17-18H2,1-3H3,(H,34,38). The van der Waals surface area contributed by atoms with Gasteiger partial charge in [-0.1, -0.05) is 84.2 Å². The second-order valence-electron chi connectivity index (χ2n) is 9.66. The Kier molecular flexibility index (Phi) is 11.4. The molecule has 0 aliphatic carbocycles. The van der Waals surface area contributed by atoms with Gasteiger partial charge in [0.2, 0.25) is 21.8 Å². The molecule has 3 aromatic rings. The van der Waals surface area contributed by atoms with Crippen LogP contribution in [0.15, 0.2) is 66.7 Å². The molecule has 12 heteroatoms. The number of halogens is 4. The SMILES string of the molecule is CCC(C)NC(=O)C(Cc1ccccc1)N(Cc1ccc(F)cc1)C(=O)CN(c1cc(Cl)c(Cl)cc1Cl)S(C)(=O)=O. The van der Waals surface area contributed by atoms with E-state index in [-0.39, 0.29) is 39.8 Å². The van der Waals surface area contributed by atoms with E-state index in [4.69, 9.17) is 34.8 Å². The highest BCUT2D eigenvalue weighted by Gasteiger charge is 2.34. The van der Waals surface area contributed by atoms with Gasteiger partial charge in [0, 0.05) is 19.0 Å². The summed E-state index contributed by atoms with van der Waals surface area (Å²) in [4.78, 5) is 29.0. The maximum atomic E-state index is 14.1. The van der Waals surface area contributed by atoms with Crippen LogP contribution >= 0.6 is 34.8 Å². The zero-order chi connectivity index (χ0) is 30.3. The van der Waals surface area contributed by atoms with Crippen LogP contribution in [0.4, 0.5) is 10.1 Å². The molecule has 2 atom stereocenters. The minimum atomic E-state index is -4.06. The highest BCUT2D eigenvalue weighted by atomic mass is 35.5. The predicted octanol–water partition coefficient (Wildman–Crippen LogP) is 6.11. The number of sulfonamides is 1. The minimum Gasteiger partial charge on any atom is -0.352 e. The molecule has 0 saturated carbocycles. The van der Waals surface area contributed by atoms with Crippen LogP contribution in [0.2, 0.25) is 15.1 Å². The molecule has 220 valence electrons. The average Bonchev–Trinajstić information content (AvgIpc) is 2.92. The number of hydrogen-bond acceptors (Lipinski definition) is 4. The minimum absolute atomic E-state index is 0.0296. The van der Waals surface area contributed by atoms with Crippen molar-refractivity contribution in [2.24, 2.45) is 0 Å². The summed E-state index contributed by atoms with van der Waals surface area (Å²) < 4.78 is 40.3. The summed E-state index contributed by atoms with van der Waals surface area (Å²) in [5.74, 6) is -1.54. The molecule has 0 fully saturated rings. The van der Waals surface area contributed by atoms with Gasteiger partial charge in [-0.2, -0.15) is 0 Å². The molecule has 3 rings (SSSR count). The van der Waals surface area contributed by atoms with Gasteiger partial charge in [0.05, 0.1) is 27.0 Å². The van der Waals surface area contributed by atoms with Gasteiger partial charge in [0.25, 0.3) is 0 Å². The first-order valence-corrected chi connectivity index (χ1v) is 15.8. The van der Waals surface area contributed by atoms with Crippen LogP contribution < -0.4 is 9.62 Å². The van der Waals surface area contributed by atoms with Gasteiger partial charge < -0.3 is 10.2 Å². The van der Waals surface area contributed by atoms with Crippen LogP contribution in [-0.4, -0.2) is 50.0 Å². The van der Waals surface area contributed by atoms with Crippen LogP contribution in [0.25, 0.3) is 0 Å². The molecular formula is C29H31Cl3FN3O4S. The summed E-state index contributed by atoms with van der Waals surface area (Å²) in [5, 5.41) is 3.07. The first kappa shape index (κ1) is 32.7. The fourth-order valence-electron chi connectivity index (χ4n) is 4.08. The summed E-state index contributed by atoms with van der Waals surface area (Å²) >= 11 is 18.5. The second kappa shape index (κ2) is 14.4. The Morgan fingerprint density at radius 3 is 2.12 bits per heavy atom. The summed E-state index contributed by atoms with van der Waals surface area (Å²) in [5.41, 5.74) is 1.30. The summed E-state index contributed by atoms with van der Waals surface area (Å²) in [7, 11) is -4.06. The topological polar surface area (TPSA) is 86.8 Å². The molecule has 0 saturated heterocycles. The fourth-order valence-corrected chi connectivity index (χ4v) is 5.63. The van der Waals surface area contributed by atoms with Gasteiger partial charge >= 0.3 is 0 Å². The lowest BCUT2D eigenvalue weighted by molar-refractivity contribution is -0.140. The smallest absolute Gasteiger partial charge is 0.244 e. The molecule has 0 bridgehead atoms. The van der Waals surface area contributed by atoms with Crippen LogP contribution in [0.3, 0.4) is 0 Å². The Labute approximate surface area is 255 Å². The number of amides is 2. The Morgan fingerprint density at radius 1 is 0.927 bits per heavy atom. The molecule has 7 nitrogen and oxygen atoms in total. The van der Waals surface area contributed by atoms with Crippen LogP contribution in [-0.2, 0) is 32.6 Å². The molecule has 0 aliphatic heterocycles. The molecule has 41 heavy (non-hydrogen) atoms. The number of hydrogen-bond donors (Lipinski definition) is 1. The maximum Gasteiger partial charge on any atom is 0.244 e. The number of carbonyl (C=O) groups is 2. The second-order valence-corrected chi connectivity index (χ2v) is 12.8. The van der Waals surface area contributed by atoms with Crippen molar-refractivity contribution in [1.29, 1.82) is 0 Å². The van der Waals surface area contributed by atoms with E-state index in [0.29, 0.717) is 12.0 Å². The van der Waals surface area contributed by atoms with Crippen molar-refractivity contribution in [2.75, 3.05) is 17.1 Å². The molecular weight excluding hydrogens is 612 g/mol. The summed E-state index contributed by atoms with van der Waals surface area (Å²) in [6.45, 7) is 3.00. The third-order valence-electron chi connectivity index (χ3n) is 6.48. The highest BCUT2D eigenvalue weighted by molar-refractivity contribution is 7.92. The Bertz CT molecular complexity index is 1470. The van der Waals surface area contributed by atoms with Crippen molar-refractivity contribution in [1.82, 2.24) is 10.2 Å². The van der Waals surface area contributed by atoms with Crippen molar-refractivity contribution in [2.45, 2.75) is 45.3 Å². The van der Waals surface area contributed by atoms with Crippen molar-refractivity contribution in [3.05, 3.63) is 98.7 Å². The van der Waals surface area contributed by atoms with Gasteiger partial charge in [-0.05, 0) is 48.7 Å². The van der Waals surface area contributed by atoms with E-state index in [1.807, 2.05) is 44.2 Å². The van der Waals surface area contributed by atoms with E-state index < -0.39 is 40.2 Å². The molecule has 0 radical (unpaired) electrons. The largest absolute Gasteiger partial charge is 0.352 e. The predicted molar refractivity (Wildman–Crippen MR) is 162 cm³/mol. The summed E-state index contributed by atoms with van der Waals surface area (Å²) in [6, 6.07) is 16.0. The molecule has 1 N–H and O–H groups in total. The monoisotopic (exact) mass is 641 g/mol. The van der Waals surface area contributed by atoms with E-state index in [9.17, 15) is 22.4 Å². The average molecular weight is 643 g/mol. The van der Waals surface area contributed by atoms with Gasteiger partial charge in [-0.3, -0.25) is 13.9 Å². The number of rotatable bonds is 12. The van der Waals surface area contributed by atoms with Crippen molar-refractivity contribution in [3.8, 4) is 0 Å². The Morgan fingerprint density at radius 2 is 1.54 bits per heavy atom. The van der Waals surface area contributed by atoms with Crippen molar-refractivity contribution >= 4 is 62.3 Å². The lowest BCUT2D eigenvalue weighted by Gasteiger charge is -2.34. The zero-order valence-electron chi connectivity index (χ0n) is 22.8. The highest BCUT2D eigenvalue weighted by Crippen LogP contribution is 2.35. The third-order valence-corrected chi connectivity index (χ3v) is 8.63. The van der Waals surface area contributed by atoms with E-state index in [2.05, 4.69) is 5.32 Å². The number of nitrogens with zero attached hydrogens (tertiary/aromatic N) is 2. The molecule has 2 amide bonds. The Hall–Kier alpha value is -2.85. The number of carbonyl (C=O) groups excluding carboxylic acids is 2. The fraction of sp³-hybridized carbons (Fsp3) is 0.310. The summed E-state index contributed by atoms with van der Waals surface area (Å²) in [6.07, 6.45) is 1.75. The van der Waals surface area contributed by atoms with Gasteiger partial charge in [0.15, 0.2) is 0 Å². The molecule has 0 aromatic heterocycles. The van der Waals surface area contributed by atoms with E-state index in [1.165, 1.54) is 41.3 Å². The van der Waals surface area contributed by atoms with Gasteiger partial charge in [-0.15, -0.1) is 0 Å². The van der Waals surface area contributed by atoms with E-state index in [1.54, 1.807) is 0 Å². The van der Waals surface area contributed by atoms with Gasteiger partial charge in [-0.25, -0.2) is 12.8 Å².